The minimum absolute atomic E-state index is 0.107. The van der Waals surface area contributed by atoms with E-state index in [0.717, 1.165) is 22.1 Å². The highest BCUT2D eigenvalue weighted by atomic mass is 16.5. The lowest BCUT2D eigenvalue weighted by atomic mass is 9.78. The lowest BCUT2D eigenvalue weighted by Crippen LogP contribution is -2.18. The molecular weight excluding hydrogens is 566 g/mol. The lowest BCUT2D eigenvalue weighted by Gasteiger charge is -2.28. The number of nitrogens with zero attached hydrogens (tertiary/aromatic N) is 1. The summed E-state index contributed by atoms with van der Waals surface area (Å²) >= 11 is 0. The Morgan fingerprint density at radius 1 is 0.778 bits per heavy atom. The number of ketones is 2. The van der Waals surface area contributed by atoms with Gasteiger partial charge < -0.3 is 14.9 Å². The summed E-state index contributed by atoms with van der Waals surface area (Å²) in [7, 11) is 0. The molecule has 5 aromatic rings. The van der Waals surface area contributed by atoms with Gasteiger partial charge in [0.15, 0.2) is 11.6 Å². The molecule has 6 rings (SSSR count). The zero-order valence-electron chi connectivity index (χ0n) is 26.2. The lowest BCUT2D eigenvalue weighted by molar-refractivity contribution is 0.0696. The molecule has 2 N–H and O–H groups in total. The normalized spacial score (nSPS) is 15.1. The second-order valence-corrected chi connectivity index (χ2v) is 13.8. The Kier molecular flexibility index (Phi) is 7.03. The molecule has 0 saturated heterocycles. The van der Waals surface area contributed by atoms with Gasteiger partial charge in [0.05, 0.1) is 11.3 Å². The van der Waals surface area contributed by atoms with Crippen LogP contribution >= 0.6 is 0 Å². The molecule has 7 nitrogen and oxygen atoms in total. The standard InChI is InChI=1S/C38H35NO6/c1-37(2,3)27-14-20(15-28(35(27)42)38(4,5)6)19-45-30-9-7-8-21-12-13-29(39-32(21)30)31-33(40)25-17-22-10-11-23(36(43)44)16-24(22)18-26(25)34(31)41/h7-18,31,42H,19H2,1-6H3,(H,43,44). The summed E-state index contributed by atoms with van der Waals surface area (Å²) in [4.78, 5) is 43.5. The first-order valence-corrected chi connectivity index (χ1v) is 14.9. The predicted molar refractivity (Wildman–Crippen MR) is 174 cm³/mol. The largest absolute Gasteiger partial charge is 0.507 e. The summed E-state index contributed by atoms with van der Waals surface area (Å²) in [6.45, 7) is 12.6. The number of carbonyl (C=O) groups excluding carboxylic acids is 2. The minimum Gasteiger partial charge on any atom is -0.507 e. The molecule has 4 aromatic carbocycles. The molecule has 0 spiro atoms. The number of ether oxygens (including phenoxy) is 1. The summed E-state index contributed by atoms with van der Waals surface area (Å²) < 4.78 is 6.33. The average Bonchev–Trinajstić information content (AvgIpc) is 3.21. The number of hydrogen-bond acceptors (Lipinski definition) is 6. The van der Waals surface area contributed by atoms with Gasteiger partial charge in [-0.1, -0.05) is 65.8 Å². The second-order valence-electron chi connectivity index (χ2n) is 13.8. The van der Waals surface area contributed by atoms with Crippen molar-refractivity contribution in [1.29, 1.82) is 0 Å². The zero-order valence-corrected chi connectivity index (χ0v) is 26.2. The molecule has 0 radical (unpaired) electrons. The van der Waals surface area contributed by atoms with Gasteiger partial charge in [0.1, 0.15) is 29.5 Å². The Bertz CT molecular complexity index is 2030. The maximum absolute atomic E-state index is 13.6. The highest BCUT2D eigenvalue weighted by Gasteiger charge is 2.41. The molecule has 1 atom stereocenters. The number of phenolic OH excluding ortho intramolecular Hbond substituents is 1. The number of hydrogen-bond donors (Lipinski definition) is 2. The van der Waals surface area contributed by atoms with Crippen molar-refractivity contribution in [2.45, 2.75) is 64.9 Å². The number of carbonyl (C=O) groups is 3. The molecule has 1 aliphatic rings. The Morgan fingerprint density at radius 3 is 1.98 bits per heavy atom. The third-order valence-corrected chi connectivity index (χ3v) is 8.46. The van der Waals surface area contributed by atoms with Crippen LogP contribution in [0.4, 0.5) is 0 Å². The number of rotatable bonds is 5. The van der Waals surface area contributed by atoms with Crippen LogP contribution in [-0.4, -0.2) is 32.7 Å². The molecule has 1 aliphatic carbocycles. The molecule has 1 heterocycles. The smallest absolute Gasteiger partial charge is 0.335 e. The van der Waals surface area contributed by atoms with Crippen molar-refractivity contribution in [2.75, 3.05) is 0 Å². The van der Waals surface area contributed by atoms with Crippen LogP contribution in [0, 0.1) is 0 Å². The number of carboxylic acids is 1. The van der Waals surface area contributed by atoms with Crippen molar-refractivity contribution < 1.29 is 29.3 Å². The van der Waals surface area contributed by atoms with Crippen LogP contribution in [0.15, 0.2) is 72.8 Å². The Labute approximate surface area is 261 Å². The van der Waals surface area contributed by atoms with Crippen LogP contribution < -0.4 is 4.74 Å². The van der Waals surface area contributed by atoms with E-state index in [4.69, 9.17) is 9.72 Å². The fourth-order valence-corrected chi connectivity index (χ4v) is 6.03. The van der Waals surface area contributed by atoms with E-state index < -0.39 is 11.9 Å². The first-order valence-electron chi connectivity index (χ1n) is 14.9. The third-order valence-electron chi connectivity index (χ3n) is 8.46. The van der Waals surface area contributed by atoms with Crippen LogP contribution in [0.25, 0.3) is 21.7 Å². The van der Waals surface area contributed by atoms with Crippen molar-refractivity contribution in [3.05, 3.63) is 112 Å². The fourth-order valence-electron chi connectivity index (χ4n) is 6.03. The van der Waals surface area contributed by atoms with Crippen molar-refractivity contribution in [3.63, 3.8) is 0 Å². The van der Waals surface area contributed by atoms with Crippen molar-refractivity contribution in [1.82, 2.24) is 4.98 Å². The van der Waals surface area contributed by atoms with E-state index in [1.807, 2.05) is 36.4 Å². The summed E-state index contributed by atoms with van der Waals surface area (Å²) in [5, 5.41) is 22.6. The number of Topliss-reactive ketones (excluding diaryl/α,β-unsaturated/α-hetero) is 2. The van der Waals surface area contributed by atoms with Gasteiger partial charge in [-0.25, -0.2) is 9.78 Å². The van der Waals surface area contributed by atoms with Gasteiger partial charge in [-0.15, -0.1) is 0 Å². The number of pyridine rings is 1. The number of aromatic hydroxyl groups is 1. The topological polar surface area (TPSA) is 114 Å². The first-order chi connectivity index (χ1) is 21.1. The van der Waals surface area contributed by atoms with Gasteiger partial charge in [0, 0.05) is 16.5 Å². The monoisotopic (exact) mass is 601 g/mol. The molecule has 1 aromatic heterocycles. The van der Waals surface area contributed by atoms with E-state index in [9.17, 15) is 24.6 Å². The predicted octanol–water partition coefficient (Wildman–Crippen LogP) is 8.13. The summed E-state index contributed by atoms with van der Waals surface area (Å²) in [5.41, 5.74) is 3.58. The Balaban J connectivity index is 1.35. The van der Waals surface area contributed by atoms with Crippen molar-refractivity contribution in [2.24, 2.45) is 0 Å². The quantitative estimate of drug-likeness (QED) is 0.196. The second kappa shape index (κ2) is 10.5. The Morgan fingerprint density at radius 2 is 1.38 bits per heavy atom. The number of benzene rings is 4. The molecule has 45 heavy (non-hydrogen) atoms. The maximum atomic E-state index is 13.6. The van der Waals surface area contributed by atoms with Crippen molar-refractivity contribution in [3.8, 4) is 11.5 Å². The molecule has 0 saturated carbocycles. The van der Waals surface area contributed by atoms with Crippen LogP contribution in [0.1, 0.15) is 101 Å². The van der Waals surface area contributed by atoms with Crippen LogP contribution in [0.3, 0.4) is 0 Å². The van der Waals surface area contributed by atoms with E-state index in [2.05, 4.69) is 41.5 Å². The van der Waals surface area contributed by atoms with Gasteiger partial charge in [0.25, 0.3) is 0 Å². The first kappa shape index (κ1) is 30.0. The number of aromatic carboxylic acids is 1. The number of para-hydroxylation sites is 1. The Hall–Kier alpha value is -5.04. The van der Waals surface area contributed by atoms with Crippen LogP contribution in [-0.2, 0) is 17.4 Å². The van der Waals surface area contributed by atoms with E-state index in [0.29, 0.717) is 39.0 Å². The number of carboxylic acid groups (broad SMARTS) is 1. The average molecular weight is 602 g/mol. The minimum atomic E-state index is -1.10. The van der Waals surface area contributed by atoms with Crippen LogP contribution in [0.2, 0.25) is 0 Å². The SMILES string of the molecule is CC(C)(C)c1cc(COc2cccc3ccc(C4C(=O)c5cc6ccc(C(=O)O)cc6cc5C4=O)nc23)cc(C(C)(C)C)c1O. The van der Waals surface area contributed by atoms with Gasteiger partial charge >= 0.3 is 5.97 Å². The summed E-state index contributed by atoms with van der Waals surface area (Å²) in [6.07, 6.45) is 0. The molecule has 228 valence electrons. The molecule has 0 aliphatic heterocycles. The molecule has 0 bridgehead atoms. The third kappa shape index (κ3) is 5.33. The molecular formula is C38H35NO6. The molecule has 7 heteroatoms. The zero-order chi connectivity index (χ0) is 32.4. The van der Waals surface area contributed by atoms with Gasteiger partial charge in [-0.2, -0.15) is 0 Å². The molecule has 0 fully saturated rings. The number of fused-ring (bicyclic) bond motifs is 3. The van der Waals surface area contributed by atoms with E-state index in [1.165, 1.54) is 12.1 Å². The fraction of sp³-hybridized carbons (Fsp3) is 0.263. The maximum Gasteiger partial charge on any atom is 0.335 e. The van der Waals surface area contributed by atoms with Gasteiger partial charge in [-0.05, 0) is 86.8 Å². The number of aromatic nitrogens is 1. The number of phenols is 1. The van der Waals surface area contributed by atoms with E-state index in [1.54, 1.807) is 24.3 Å². The van der Waals surface area contributed by atoms with E-state index in [-0.39, 0.29) is 40.1 Å². The van der Waals surface area contributed by atoms with Crippen LogP contribution in [0.5, 0.6) is 11.5 Å². The molecule has 1 unspecified atom stereocenters. The van der Waals surface area contributed by atoms with Gasteiger partial charge in [-0.3, -0.25) is 9.59 Å². The van der Waals surface area contributed by atoms with E-state index >= 15 is 0 Å². The highest BCUT2D eigenvalue weighted by Crippen LogP contribution is 2.41. The summed E-state index contributed by atoms with van der Waals surface area (Å²) in [6, 6.07) is 21.0. The highest BCUT2D eigenvalue weighted by molar-refractivity contribution is 6.30. The van der Waals surface area contributed by atoms with Gasteiger partial charge in [0.2, 0.25) is 0 Å². The molecule has 0 amide bonds. The summed E-state index contributed by atoms with van der Waals surface area (Å²) in [5.74, 6) is -2.05. The van der Waals surface area contributed by atoms with Crippen molar-refractivity contribution >= 4 is 39.2 Å².